The van der Waals surface area contributed by atoms with Crippen LogP contribution < -0.4 is 11.1 Å². The largest absolute Gasteiger partial charge is 0.399 e. The number of benzene rings is 1. The van der Waals surface area contributed by atoms with Gasteiger partial charge in [-0.3, -0.25) is 4.79 Å². The molecule has 0 unspecified atom stereocenters. The van der Waals surface area contributed by atoms with Crippen LogP contribution in [-0.4, -0.2) is 10.9 Å². The first-order chi connectivity index (χ1) is 9.08. The second-order valence-corrected chi connectivity index (χ2v) is 5.55. The van der Waals surface area contributed by atoms with E-state index in [2.05, 4.69) is 17.2 Å². The zero-order valence-corrected chi connectivity index (χ0v) is 11.9. The summed E-state index contributed by atoms with van der Waals surface area (Å²) in [4.78, 5) is 17.4. The minimum absolute atomic E-state index is 0.0545. The molecule has 0 radical (unpaired) electrons. The first-order valence-corrected chi connectivity index (χ1v) is 7.00. The summed E-state index contributed by atoms with van der Waals surface area (Å²) in [6.07, 6.45) is 1.22. The Bertz CT molecular complexity index is 575. The zero-order chi connectivity index (χ0) is 13.8. The second kappa shape index (κ2) is 5.84. The summed E-state index contributed by atoms with van der Waals surface area (Å²) in [5.41, 5.74) is 8.30. The summed E-state index contributed by atoms with van der Waals surface area (Å²) in [5.74, 6) is -0.0545. The van der Waals surface area contributed by atoms with Gasteiger partial charge in [0, 0.05) is 10.6 Å². The van der Waals surface area contributed by atoms with E-state index in [9.17, 15) is 4.79 Å². The SMILES string of the molecule is CCc1nc(NC(=O)Cc2ccc(N)cc2)sc1C. The van der Waals surface area contributed by atoms with Crippen molar-refractivity contribution < 1.29 is 4.79 Å². The molecule has 100 valence electrons. The number of amides is 1. The smallest absolute Gasteiger partial charge is 0.230 e. The summed E-state index contributed by atoms with van der Waals surface area (Å²) in [5, 5.41) is 3.51. The average molecular weight is 275 g/mol. The van der Waals surface area contributed by atoms with Gasteiger partial charge in [-0.15, -0.1) is 11.3 Å². The zero-order valence-electron chi connectivity index (χ0n) is 11.1. The van der Waals surface area contributed by atoms with Gasteiger partial charge in [0.25, 0.3) is 0 Å². The van der Waals surface area contributed by atoms with E-state index in [-0.39, 0.29) is 5.91 Å². The van der Waals surface area contributed by atoms with Gasteiger partial charge in [-0.05, 0) is 31.0 Å². The molecule has 2 rings (SSSR count). The Labute approximate surface area is 116 Å². The van der Waals surface area contributed by atoms with E-state index in [1.165, 1.54) is 11.3 Å². The monoisotopic (exact) mass is 275 g/mol. The van der Waals surface area contributed by atoms with Crippen LogP contribution in [0.4, 0.5) is 10.8 Å². The normalized spacial score (nSPS) is 10.4. The summed E-state index contributed by atoms with van der Waals surface area (Å²) in [6.45, 7) is 4.08. The highest BCUT2D eigenvalue weighted by Gasteiger charge is 2.09. The molecule has 1 aromatic heterocycles. The molecule has 4 nitrogen and oxygen atoms in total. The number of thiazole rings is 1. The molecule has 5 heteroatoms. The number of hydrogen-bond donors (Lipinski definition) is 2. The van der Waals surface area contributed by atoms with Crippen molar-refractivity contribution in [1.82, 2.24) is 4.98 Å². The number of aryl methyl sites for hydroxylation is 2. The van der Waals surface area contributed by atoms with E-state index < -0.39 is 0 Å². The highest BCUT2D eigenvalue weighted by atomic mass is 32.1. The first-order valence-electron chi connectivity index (χ1n) is 6.19. The summed E-state index contributed by atoms with van der Waals surface area (Å²) >= 11 is 1.52. The number of hydrogen-bond acceptors (Lipinski definition) is 4. The third-order valence-electron chi connectivity index (χ3n) is 2.82. The fourth-order valence-corrected chi connectivity index (χ4v) is 2.71. The number of anilines is 2. The quantitative estimate of drug-likeness (QED) is 0.843. The van der Waals surface area contributed by atoms with Crippen molar-refractivity contribution in [2.45, 2.75) is 26.7 Å². The van der Waals surface area contributed by atoms with Gasteiger partial charge >= 0.3 is 0 Å². The van der Waals surface area contributed by atoms with Crippen LogP contribution in [-0.2, 0) is 17.6 Å². The third-order valence-corrected chi connectivity index (χ3v) is 3.75. The Morgan fingerprint density at radius 2 is 2.05 bits per heavy atom. The lowest BCUT2D eigenvalue weighted by molar-refractivity contribution is -0.115. The topological polar surface area (TPSA) is 68.0 Å². The number of carbonyl (C=O) groups excluding carboxylic acids is 1. The Hall–Kier alpha value is -1.88. The molecule has 0 aliphatic carbocycles. The maximum absolute atomic E-state index is 11.9. The second-order valence-electron chi connectivity index (χ2n) is 4.34. The number of nitrogen functional groups attached to an aromatic ring is 1. The third kappa shape index (κ3) is 3.54. The standard InChI is InChI=1S/C14H17N3OS/c1-3-12-9(2)19-14(16-12)17-13(18)8-10-4-6-11(15)7-5-10/h4-7H,3,8,15H2,1-2H3,(H,16,17,18). The Kier molecular flexibility index (Phi) is 4.16. The van der Waals surface area contributed by atoms with Gasteiger partial charge in [-0.1, -0.05) is 19.1 Å². The van der Waals surface area contributed by atoms with Gasteiger partial charge in [-0.2, -0.15) is 0 Å². The number of rotatable bonds is 4. The maximum atomic E-state index is 11.9. The van der Waals surface area contributed by atoms with Crippen LogP contribution in [0.15, 0.2) is 24.3 Å². The molecule has 3 N–H and O–H groups in total. The molecule has 0 spiro atoms. The number of carbonyl (C=O) groups is 1. The molecule has 0 aliphatic heterocycles. The van der Waals surface area contributed by atoms with Gasteiger partial charge in [0.1, 0.15) is 0 Å². The molecule has 0 saturated heterocycles. The van der Waals surface area contributed by atoms with Crippen molar-refractivity contribution in [1.29, 1.82) is 0 Å². The van der Waals surface area contributed by atoms with Crippen LogP contribution in [0.1, 0.15) is 23.1 Å². The average Bonchev–Trinajstić information content (AvgIpc) is 2.72. The van der Waals surface area contributed by atoms with Crippen molar-refractivity contribution in [3.05, 3.63) is 40.4 Å². The molecular weight excluding hydrogens is 258 g/mol. The molecule has 1 amide bonds. The van der Waals surface area contributed by atoms with Crippen molar-refractivity contribution in [2.24, 2.45) is 0 Å². The van der Waals surface area contributed by atoms with Gasteiger partial charge in [0.2, 0.25) is 5.91 Å². The Balaban J connectivity index is 1.99. The maximum Gasteiger partial charge on any atom is 0.230 e. The fourth-order valence-electron chi connectivity index (χ4n) is 1.79. The summed E-state index contributed by atoms with van der Waals surface area (Å²) in [7, 11) is 0. The molecular formula is C14H17N3OS. The molecule has 0 fully saturated rings. The van der Waals surface area contributed by atoms with Crippen molar-refractivity contribution in [2.75, 3.05) is 11.1 Å². The van der Waals surface area contributed by atoms with E-state index in [4.69, 9.17) is 5.73 Å². The van der Waals surface area contributed by atoms with E-state index in [1.807, 2.05) is 19.1 Å². The van der Waals surface area contributed by atoms with Crippen molar-refractivity contribution in [3.63, 3.8) is 0 Å². The van der Waals surface area contributed by atoms with Crippen LogP contribution in [0, 0.1) is 6.92 Å². The minimum Gasteiger partial charge on any atom is -0.399 e. The van der Waals surface area contributed by atoms with Gasteiger partial charge in [0.05, 0.1) is 12.1 Å². The van der Waals surface area contributed by atoms with Gasteiger partial charge in [0.15, 0.2) is 5.13 Å². The van der Waals surface area contributed by atoms with Crippen LogP contribution in [0.25, 0.3) is 0 Å². The van der Waals surface area contributed by atoms with Crippen LogP contribution in [0.5, 0.6) is 0 Å². The van der Waals surface area contributed by atoms with Crippen molar-refractivity contribution in [3.8, 4) is 0 Å². The number of nitrogens with two attached hydrogens (primary N) is 1. The molecule has 1 heterocycles. The summed E-state index contributed by atoms with van der Waals surface area (Å²) in [6, 6.07) is 7.32. The Morgan fingerprint density at radius 1 is 1.37 bits per heavy atom. The molecule has 19 heavy (non-hydrogen) atoms. The van der Waals surface area contributed by atoms with E-state index in [0.717, 1.165) is 22.6 Å². The lowest BCUT2D eigenvalue weighted by Crippen LogP contribution is -2.14. The summed E-state index contributed by atoms with van der Waals surface area (Å²) < 4.78 is 0. The minimum atomic E-state index is -0.0545. The molecule has 2 aromatic rings. The van der Waals surface area contributed by atoms with Crippen LogP contribution in [0.2, 0.25) is 0 Å². The number of aromatic nitrogens is 1. The van der Waals surface area contributed by atoms with Gasteiger partial charge in [-0.25, -0.2) is 4.98 Å². The fraction of sp³-hybridized carbons (Fsp3) is 0.286. The Morgan fingerprint density at radius 3 is 2.63 bits per heavy atom. The molecule has 1 aromatic carbocycles. The van der Waals surface area contributed by atoms with E-state index in [1.54, 1.807) is 12.1 Å². The predicted molar refractivity (Wildman–Crippen MR) is 79.4 cm³/mol. The lowest BCUT2D eigenvalue weighted by Gasteiger charge is -2.02. The molecule has 0 saturated carbocycles. The van der Waals surface area contributed by atoms with Crippen LogP contribution in [0.3, 0.4) is 0 Å². The van der Waals surface area contributed by atoms with E-state index >= 15 is 0 Å². The molecule has 0 aliphatic rings. The lowest BCUT2D eigenvalue weighted by atomic mass is 10.1. The highest BCUT2D eigenvalue weighted by molar-refractivity contribution is 7.15. The number of nitrogens with one attached hydrogen (secondary N) is 1. The molecule has 0 atom stereocenters. The highest BCUT2D eigenvalue weighted by Crippen LogP contribution is 2.22. The number of nitrogens with zero attached hydrogens (tertiary/aromatic N) is 1. The van der Waals surface area contributed by atoms with E-state index in [0.29, 0.717) is 17.2 Å². The van der Waals surface area contributed by atoms with Crippen molar-refractivity contribution >= 4 is 28.1 Å². The van der Waals surface area contributed by atoms with Crippen LogP contribution >= 0.6 is 11.3 Å². The first kappa shape index (κ1) is 13.5. The molecule has 0 bridgehead atoms. The van der Waals surface area contributed by atoms with Gasteiger partial charge < -0.3 is 11.1 Å². The predicted octanol–water partition coefficient (Wildman–Crippen LogP) is 2.78.